The second-order valence-corrected chi connectivity index (χ2v) is 6.99. The van der Waals surface area contributed by atoms with Crippen molar-refractivity contribution in [2.45, 2.75) is 38.6 Å². The molecule has 2 N–H and O–H groups in total. The molecule has 0 aliphatic rings. The van der Waals surface area contributed by atoms with Crippen LogP contribution in [0.25, 0.3) is 0 Å². The average molecular weight is 315 g/mol. The molecule has 0 aromatic heterocycles. The summed E-state index contributed by atoms with van der Waals surface area (Å²) in [7, 11) is -2.39. The van der Waals surface area contributed by atoms with Gasteiger partial charge in [-0.25, -0.2) is 8.42 Å². The van der Waals surface area contributed by atoms with Crippen LogP contribution >= 0.6 is 0 Å². The molecule has 21 heavy (non-hydrogen) atoms. The highest BCUT2D eigenvalue weighted by atomic mass is 32.2. The van der Waals surface area contributed by atoms with Gasteiger partial charge in [0, 0.05) is 0 Å². The van der Waals surface area contributed by atoms with Crippen molar-refractivity contribution in [1.29, 1.82) is 0 Å². The van der Waals surface area contributed by atoms with E-state index in [-0.39, 0.29) is 10.8 Å². The lowest BCUT2D eigenvalue weighted by Gasteiger charge is -2.19. The van der Waals surface area contributed by atoms with Gasteiger partial charge >= 0.3 is 5.97 Å². The first-order valence-electron chi connectivity index (χ1n) is 6.50. The lowest BCUT2D eigenvalue weighted by molar-refractivity contribution is -0.140. The lowest BCUT2D eigenvalue weighted by atomic mass is 10.1. The smallest absolute Gasteiger partial charge is 0.322 e. The predicted octanol–water partition coefficient (Wildman–Crippen LogP) is 1.70. The van der Waals surface area contributed by atoms with Gasteiger partial charge in [0.25, 0.3) is 0 Å². The maximum absolute atomic E-state index is 12.3. The van der Waals surface area contributed by atoms with E-state index < -0.39 is 22.0 Å². The molecule has 0 spiro atoms. The van der Waals surface area contributed by atoms with Gasteiger partial charge in [0.05, 0.1) is 12.0 Å². The Labute approximate surface area is 125 Å². The first kappa shape index (κ1) is 17.5. The van der Waals surface area contributed by atoms with Crippen molar-refractivity contribution in [3.05, 3.63) is 23.3 Å². The summed E-state index contributed by atoms with van der Waals surface area (Å²) in [5.41, 5.74) is 1.35. The van der Waals surface area contributed by atoms with Crippen LogP contribution in [0.1, 0.15) is 25.0 Å². The van der Waals surface area contributed by atoms with Crippen LogP contribution in [-0.4, -0.2) is 32.6 Å². The summed E-state index contributed by atoms with van der Waals surface area (Å²) in [6.07, 6.45) is 0. The molecule has 1 aromatic carbocycles. The normalized spacial score (nSPS) is 13.2. The summed E-state index contributed by atoms with van der Waals surface area (Å²) in [4.78, 5) is 11.2. The SMILES string of the molecule is COc1c(C)cc(S(=O)(=O)NC(C(=O)O)C(C)C)cc1C. The minimum absolute atomic E-state index is 0.0326. The van der Waals surface area contributed by atoms with Crippen molar-refractivity contribution in [3.8, 4) is 5.75 Å². The minimum atomic E-state index is -3.91. The van der Waals surface area contributed by atoms with E-state index >= 15 is 0 Å². The molecule has 0 saturated carbocycles. The highest BCUT2D eigenvalue weighted by molar-refractivity contribution is 7.89. The summed E-state index contributed by atoms with van der Waals surface area (Å²) in [6, 6.07) is 1.76. The number of carboxylic acid groups (broad SMARTS) is 1. The Balaban J connectivity index is 3.23. The summed E-state index contributed by atoms with van der Waals surface area (Å²) >= 11 is 0. The van der Waals surface area contributed by atoms with Gasteiger partial charge in [-0.05, 0) is 43.0 Å². The molecule has 1 atom stereocenters. The van der Waals surface area contributed by atoms with Crippen LogP contribution < -0.4 is 9.46 Å². The number of aryl methyl sites for hydroxylation is 2. The topological polar surface area (TPSA) is 92.7 Å². The number of hydrogen-bond donors (Lipinski definition) is 2. The van der Waals surface area contributed by atoms with Gasteiger partial charge in [0.2, 0.25) is 10.0 Å². The first-order valence-corrected chi connectivity index (χ1v) is 7.98. The van der Waals surface area contributed by atoms with E-state index in [1.54, 1.807) is 27.7 Å². The third kappa shape index (κ3) is 3.95. The van der Waals surface area contributed by atoms with Crippen molar-refractivity contribution in [2.24, 2.45) is 5.92 Å². The lowest BCUT2D eigenvalue weighted by Crippen LogP contribution is -2.44. The molecule has 0 radical (unpaired) electrons. The number of ether oxygens (including phenoxy) is 1. The van der Waals surface area contributed by atoms with Crippen LogP contribution in [0.2, 0.25) is 0 Å². The number of nitrogens with one attached hydrogen (secondary N) is 1. The second-order valence-electron chi connectivity index (χ2n) is 5.27. The molecule has 7 heteroatoms. The molecule has 0 amide bonds. The molecule has 0 saturated heterocycles. The fraction of sp³-hybridized carbons (Fsp3) is 0.500. The maximum atomic E-state index is 12.3. The molecular weight excluding hydrogens is 294 g/mol. The van der Waals surface area contributed by atoms with Gasteiger partial charge in [0.15, 0.2) is 0 Å². The predicted molar refractivity (Wildman–Crippen MR) is 79.1 cm³/mol. The van der Waals surface area contributed by atoms with Crippen molar-refractivity contribution >= 4 is 16.0 Å². The average Bonchev–Trinajstić information content (AvgIpc) is 2.35. The molecule has 1 aromatic rings. The van der Waals surface area contributed by atoms with Gasteiger partial charge < -0.3 is 9.84 Å². The fourth-order valence-electron chi connectivity index (χ4n) is 2.09. The molecule has 118 valence electrons. The summed E-state index contributed by atoms with van der Waals surface area (Å²) in [5, 5.41) is 9.10. The van der Waals surface area contributed by atoms with E-state index in [1.165, 1.54) is 19.2 Å². The third-order valence-corrected chi connectivity index (χ3v) is 4.58. The molecule has 0 bridgehead atoms. The van der Waals surface area contributed by atoms with Gasteiger partial charge in [0.1, 0.15) is 11.8 Å². The van der Waals surface area contributed by atoms with Crippen LogP contribution in [0.3, 0.4) is 0 Å². The number of sulfonamides is 1. The van der Waals surface area contributed by atoms with Gasteiger partial charge in [-0.3, -0.25) is 4.79 Å². The molecule has 0 aliphatic heterocycles. The number of carboxylic acids is 1. The molecule has 0 aliphatic carbocycles. The van der Waals surface area contributed by atoms with Crippen molar-refractivity contribution in [2.75, 3.05) is 7.11 Å². The van der Waals surface area contributed by atoms with Crippen LogP contribution in [0.5, 0.6) is 5.75 Å². The maximum Gasteiger partial charge on any atom is 0.322 e. The number of benzene rings is 1. The Hall–Kier alpha value is -1.60. The largest absolute Gasteiger partial charge is 0.496 e. The van der Waals surface area contributed by atoms with Crippen molar-refractivity contribution in [1.82, 2.24) is 4.72 Å². The van der Waals surface area contributed by atoms with E-state index in [2.05, 4.69) is 4.72 Å². The number of aliphatic carboxylic acids is 1. The Morgan fingerprint density at radius 1 is 1.24 bits per heavy atom. The number of carbonyl (C=O) groups is 1. The number of rotatable bonds is 6. The zero-order valence-corrected chi connectivity index (χ0v) is 13.6. The summed E-state index contributed by atoms with van der Waals surface area (Å²) in [6.45, 7) is 6.77. The van der Waals surface area contributed by atoms with Crippen LogP contribution in [-0.2, 0) is 14.8 Å². The summed E-state index contributed by atoms with van der Waals surface area (Å²) in [5.74, 6) is -0.944. The minimum Gasteiger partial charge on any atom is -0.496 e. The Morgan fingerprint density at radius 3 is 2.05 bits per heavy atom. The van der Waals surface area contributed by atoms with E-state index in [9.17, 15) is 13.2 Å². The standard InChI is InChI=1S/C14H21NO5S/c1-8(2)12(14(16)17)15-21(18,19)11-6-9(3)13(20-5)10(4)7-11/h6-8,12,15H,1-5H3,(H,16,17). The zero-order chi connectivity index (χ0) is 16.4. The monoisotopic (exact) mass is 315 g/mol. The molecule has 1 unspecified atom stereocenters. The second kappa shape index (κ2) is 6.44. The molecule has 1 rings (SSSR count). The Bertz CT molecular complexity index is 614. The quantitative estimate of drug-likeness (QED) is 0.833. The first-order chi connectivity index (χ1) is 9.60. The summed E-state index contributed by atoms with van der Waals surface area (Å²) < 4.78 is 32.1. The Kier molecular flexibility index (Phi) is 5.36. The van der Waals surface area contributed by atoms with E-state index in [4.69, 9.17) is 9.84 Å². The van der Waals surface area contributed by atoms with Crippen LogP contribution in [0.4, 0.5) is 0 Å². The van der Waals surface area contributed by atoms with Gasteiger partial charge in [-0.2, -0.15) is 4.72 Å². The van der Waals surface area contributed by atoms with E-state index in [0.717, 1.165) is 0 Å². The van der Waals surface area contributed by atoms with Crippen molar-refractivity contribution in [3.63, 3.8) is 0 Å². The molecule has 0 heterocycles. The van der Waals surface area contributed by atoms with Gasteiger partial charge in [-0.15, -0.1) is 0 Å². The number of hydrogen-bond acceptors (Lipinski definition) is 4. The highest BCUT2D eigenvalue weighted by Crippen LogP contribution is 2.26. The highest BCUT2D eigenvalue weighted by Gasteiger charge is 2.28. The van der Waals surface area contributed by atoms with Gasteiger partial charge in [-0.1, -0.05) is 13.8 Å². The fourth-order valence-corrected chi connectivity index (χ4v) is 3.60. The zero-order valence-electron chi connectivity index (χ0n) is 12.8. The van der Waals surface area contributed by atoms with Crippen LogP contribution in [0.15, 0.2) is 17.0 Å². The number of methoxy groups -OCH3 is 1. The Morgan fingerprint density at radius 2 is 1.71 bits per heavy atom. The van der Waals surface area contributed by atoms with E-state index in [0.29, 0.717) is 16.9 Å². The molecular formula is C14H21NO5S. The molecule has 0 fully saturated rings. The van der Waals surface area contributed by atoms with E-state index in [1.807, 2.05) is 0 Å². The van der Waals surface area contributed by atoms with Crippen molar-refractivity contribution < 1.29 is 23.1 Å². The van der Waals surface area contributed by atoms with Crippen LogP contribution in [0, 0.1) is 19.8 Å². The third-order valence-electron chi connectivity index (χ3n) is 3.16. The molecule has 6 nitrogen and oxygen atoms in total.